The molecule has 0 bridgehead atoms. The molecule has 1 aromatic heterocycles. The Morgan fingerprint density at radius 3 is 1.78 bits per heavy atom. The second-order valence-electron chi connectivity index (χ2n) is 6.29. The highest BCUT2D eigenvalue weighted by Crippen LogP contribution is 2.33. The topological polar surface area (TPSA) is 17.1 Å². The maximum atomic E-state index is 12.1. The molecule has 0 spiro atoms. The summed E-state index contributed by atoms with van der Waals surface area (Å²) in [5.41, 5.74) is 0. The van der Waals surface area contributed by atoms with Crippen molar-refractivity contribution in [1.29, 1.82) is 0 Å². The third-order valence-electron chi connectivity index (χ3n) is 4.18. The normalized spacial score (nSPS) is 11.1. The van der Waals surface area contributed by atoms with Crippen LogP contribution in [-0.4, -0.2) is 5.78 Å². The Kier molecular flexibility index (Phi) is 12.6. The lowest BCUT2D eigenvalue weighted by Crippen LogP contribution is -1.95. The minimum absolute atomic E-state index is 0.286. The van der Waals surface area contributed by atoms with E-state index in [1.54, 1.807) is 0 Å². The Labute approximate surface area is 162 Å². The van der Waals surface area contributed by atoms with E-state index in [0.29, 0.717) is 6.42 Å². The van der Waals surface area contributed by atoms with Crippen molar-refractivity contribution in [2.24, 2.45) is 0 Å². The van der Waals surface area contributed by atoms with E-state index in [2.05, 4.69) is 38.8 Å². The van der Waals surface area contributed by atoms with E-state index < -0.39 is 0 Å². The smallest absolute Gasteiger partial charge is 0.172 e. The summed E-state index contributed by atoms with van der Waals surface area (Å²) in [6, 6.07) is 1.93. The summed E-state index contributed by atoms with van der Waals surface area (Å²) < 4.78 is 2.00. The first-order chi connectivity index (χ1) is 11.1. The van der Waals surface area contributed by atoms with E-state index in [1.165, 1.54) is 82.0 Å². The van der Waals surface area contributed by atoms with Crippen molar-refractivity contribution in [2.75, 3.05) is 0 Å². The van der Waals surface area contributed by atoms with Crippen LogP contribution in [0.25, 0.3) is 0 Å². The van der Waals surface area contributed by atoms with E-state index in [0.717, 1.165) is 19.6 Å². The molecule has 0 saturated heterocycles. The molecule has 0 atom stereocenters. The van der Waals surface area contributed by atoms with Gasteiger partial charge in [0.25, 0.3) is 0 Å². The average molecular weight is 466 g/mol. The molecule has 1 aromatic rings. The Morgan fingerprint density at radius 1 is 0.870 bits per heavy atom. The molecule has 0 aliphatic carbocycles. The second kappa shape index (κ2) is 13.6. The van der Waals surface area contributed by atoms with Gasteiger partial charge in [0, 0.05) is 10.9 Å². The highest BCUT2D eigenvalue weighted by atomic mass is 79.9. The standard InChI is InChI=1S/C19H30Br2OS/c1-2-3-4-5-6-7-8-9-10-11-12-13-14-17(22)18-15-16(20)19(21)23-18/h15H,2-14H2,1H3. The Bertz CT molecular complexity index is 423. The van der Waals surface area contributed by atoms with Crippen LogP contribution in [0, 0.1) is 0 Å². The molecule has 0 aliphatic rings. The quantitative estimate of drug-likeness (QED) is 0.198. The van der Waals surface area contributed by atoms with Crippen molar-refractivity contribution in [3.63, 3.8) is 0 Å². The molecule has 0 unspecified atom stereocenters. The maximum Gasteiger partial charge on any atom is 0.172 e. The van der Waals surface area contributed by atoms with Crippen molar-refractivity contribution < 1.29 is 4.79 Å². The summed E-state index contributed by atoms with van der Waals surface area (Å²) >= 11 is 8.41. The molecule has 0 aromatic carbocycles. The molecule has 0 amide bonds. The molecule has 0 radical (unpaired) electrons. The lowest BCUT2D eigenvalue weighted by Gasteiger charge is -2.02. The summed E-state index contributed by atoms with van der Waals surface area (Å²) in [6.45, 7) is 2.27. The number of carbonyl (C=O) groups is 1. The molecule has 1 nitrogen and oxygen atoms in total. The third-order valence-corrected chi connectivity index (χ3v) is 7.47. The minimum atomic E-state index is 0.286. The van der Waals surface area contributed by atoms with Crippen molar-refractivity contribution in [3.8, 4) is 0 Å². The number of thiophene rings is 1. The molecule has 0 fully saturated rings. The molecule has 23 heavy (non-hydrogen) atoms. The molecule has 0 N–H and O–H groups in total. The number of rotatable bonds is 14. The zero-order valence-corrected chi connectivity index (χ0v) is 18.3. The van der Waals surface area contributed by atoms with Crippen LogP contribution < -0.4 is 0 Å². The monoisotopic (exact) mass is 464 g/mol. The largest absolute Gasteiger partial charge is 0.293 e. The Morgan fingerprint density at radius 2 is 1.35 bits per heavy atom. The number of hydrogen-bond acceptors (Lipinski definition) is 2. The fraction of sp³-hybridized carbons (Fsp3) is 0.737. The number of halogens is 2. The molecular weight excluding hydrogens is 436 g/mol. The van der Waals surface area contributed by atoms with Gasteiger partial charge in [-0.1, -0.05) is 77.6 Å². The van der Waals surface area contributed by atoms with Crippen molar-refractivity contribution >= 4 is 49.0 Å². The van der Waals surface area contributed by atoms with Crippen LogP contribution in [0.15, 0.2) is 14.3 Å². The molecule has 1 rings (SSSR count). The highest BCUT2D eigenvalue weighted by molar-refractivity contribution is 9.13. The van der Waals surface area contributed by atoms with Crippen LogP contribution in [0.3, 0.4) is 0 Å². The van der Waals surface area contributed by atoms with E-state index in [1.807, 2.05) is 6.07 Å². The third kappa shape index (κ3) is 10.0. The fourth-order valence-corrected chi connectivity index (χ4v) is 4.74. The van der Waals surface area contributed by atoms with Gasteiger partial charge in [-0.2, -0.15) is 0 Å². The lowest BCUT2D eigenvalue weighted by molar-refractivity contribution is 0.0983. The summed E-state index contributed by atoms with van der Waals surface area (Å²) in [6.07, 6.45) is 16.7. The Balaban J connectivity index is 1.90. The van der Waals surface area contributed by atoms with Crippen molar-refractivity contribution in [1.82, 2.24) is 0 Å². The van der Waals surface area contributed by atoms with Gasteiger partial charge in [-0.15, -0.1) is 11.3 Å². The van der Waals surface area contributed by atoms with E-state index in [-0.39, 0.29) is 5.78 Å². The van der Waals surface area contributed by atoms with Crippen LogP contribution in [0.4, 0.5) is 0 Å². The van der Waals surface area contributed by atoms with E-state index in [9.17, 15) is 4.79 Å². The van der Waals surface area contributed by atoms with Gasteiger partial charge in [0.15, 0.2) is 5.78 Å². The van der Waals surface area contributed by atoms with Crippen LogP contribution in [0.2, 0.25) is 0 Å². The molecule has 4 heteroatoms. The number of hydrogen-bond donors (Lipinski definition) is 0. The second-order valence-corrected chi connectivity index (χ2v) is 9.52. The predicted octanol–water partition coefficient (Wildman–Crippen LogP) is 8.55. The number of carbonyl (C=O) groups excluding carboxylic acids is 1. The number of ketones is 1. The maximum absolute atomic E-state index is 12.1. The summed E-state index contributed by atoms with van der Waals surface area (Å²) in [5.74, 6) is 0.286. The molecule has 1 heterocycles. The van der Waals surface area contributed by atoms with Gasteiger partial charge < -0.3 is 0 Å². The molecular formula is C19H30Br2OS. The van der Waals surface area contributed by atoms with Crippen LogP contribution >= 0.6 is 43.2 Å². The van der Waals surface area contributed by atoms with Gasteiger partial charge in [-0.05, 0) is 44.3 Å². The Hall–Kier alpha value is 0.330. The van der Waals surface area contributed by atoms with Crippen molar-refractivity contribution in [2.45, 2.75) is 90.4 Å². The van der Waals surface area contributed by atoms with Gasteiger partial charge in [-0.25, -0.2) is 0 Å². The van der Waals surface area contributed by atoms with Gasteiger partial charge in [-0.3, -0.25) is 4.79 Å². The van der Waals surface area contributed by atoms with E-state index >= 15 is 0 Å². The molecule has 0 aliphatic heterocycles. The first kappa shape index (κ1) is 21.4. The first-order valence-electron chi connectivity index (χ1n) is 9.13. The fourth-order valence-electron chi connectivity index (χ4n) is 2.73. The van der Waals surface area contributed by atoms with Gasteiger partial charge >= 0.3 is 0 Å². The summed E-state index contributed by atoms with van der Waals surface area (Å²) in [5, 5.41) is 0. The summed E-state index contributed by atoms with van der Waals surface area (Å²) in [7, 11) is 0. The SMILES string of the molecule is CCCCCCCCCCCCCCC(=O)c1cc(Br)c(Br)s1. The zero-order chi connectivity index (χ0) is 16.9. The first-order valence-corrected chi connectivity index (χ1v) is 11.5. The minimum Gasteiger partial charge on any atom is -0.293 e. The van der Waals surface area contributed by atoms with Crippen LogP contribution in [0.5, 0.6) is 0 Å². The lowest BCUT2D eigenvalue weighted by atomic mass is 10.0. The molecule has 132 valence electrons. The van der Waals surface area contributed by atoms with Gasteiger partial charge in [0.05, 0.1) is 8.66 Å². The summed E-state index contributed by atoms with van der Waals surface area (Å²) in [4.78, 5) is 12.9. The van der Waals surface area contributed by atoms with Crippen LogP contribution in [-0.2, 0) is 0 Å². The number of unbranched alkanes of at least 4 members (excludes halogenated alkanes) is 11. The van der Waals surface area contributed by atoms with Gasteiger partial charge in [0.2, 0.25) is 0 Å². The van der Waals surface area contributed by atoms with Crippen LogP contribution in [0.1, 0.15) is 100 Å². The zero-order valence-electron chi connectivity index (χ0n) is 14.3. The van der Waals surface area contributed by atoms with Gasteiger partial charge in [0.1, 0.15) is 0 Å². The molecule has 0 saturated carbocycles. The van der Waals surface area contributed by atoms with E-state index in [4.69, 9.17) is 0 Å². The predicted molar refractivity (Wildman–Crippen MR) is 110 cm³/mol. The average Bonchev–Trinajstić information content (AvgIpc) is 2.87. The highest BCUT2D eigenvalue weighted by Gasteiger charge is 2.11. The van der Waals surface area contributed by atoms with Crippen molar-refractivity contribution in [3.05, 3.63) is 19.2 Å². The number of Topliss-reactive ketones (excluding diaryl/α,β-unsaturated/α-hetero) is 1.